The van der Waals surface area contributed by atoms with E-state index in [2.05, 4.69) is 100 Å². The van der Waals surface area contributed by atoms with Crippen LogP contribution in [0.15, 0.2) is 60.7 Å². The van der Waals surface area contributed by atoms with Gasteiger partial charge in [-0.3, -0.25) is 0 Å². The van der Waals surface area contributed by atoms with Crippen LogP contribution in [-0.2, 0) is 4.43 Å². The molecule has 1 unspecified atom stereocenters. The van der Waals surface area contributed by atoms with Gasteiger partial charge in [0.2, 0.25) is 0 Å². The van der Waals surface area contributed by atoms with Gasteiger partial charge in [0.15, 0.2) is 0 Å². The Morgan fingerprint density at radius 1 is 0.917 bits per heavy atom. The van der Waals surface area contributed by atoms with Crippen LogP contribution in [0.3, 0.4) is 0 Å². The molecular formula is C22H28OSi. The molecule has 1 nitrogen and oxygen atoms in total. The summed E-state index contributed by atoms with van der Waals surface area (Å²) in [4.78, 5) is 0. The first-order valence-corrected chi connectivity index (χ1v) is 10.5. The molecule has 0 fully saturated rings. The van der Waals surface area contributed by atoms with Crippen molar-refractivity contribution in [1.82, 2.24) is 0 Å². The molecule has 2 aromatic rings. The first-order valence-electron chi connectivity index (χ1n) is 8.59. The third-order valence-corrected chi connectivity index (χ3v) is 9.36. The second-order valence-electron chi connectivity index (χ2n) is 7.27. The lowest BCUT2D eigenvalue weighted by Gasteiger charge is -2.43. The van der Waals surface area contributed by atoms with Crippen molar-refractivity contribution in [3.63, 3.8) is 0 Å². The SMILES string of the molecule is CC#CC(C)CO[Si](c1ccccc1)(c1ccccc1)C(C)(C)C. The molecule has 2 heteroatoms. The molecule has 2 aromatic carbocycles. The Kier molecular flexibility index (Phi) is 6.04. The van der Waals surface area contributed by atoms with Crippen molar-refractivity contribution in [2.75, 3.05) is 6.61 Å². The van der Waals surface area contributed by atoms with Crippen molar-refractivity contribution in [3.05, 3.63) is 60.7 Å². The number of benzene rings is 2. The van der Waals surface area contributed by atoms with Crippen molar-refractivity contribution in [2.24, 2.45) is 5.92 Å². The van der Waals surface area contributed by atoms with E-state index in [0.717, 1.165) is 0 Å². The zero-order chi connectivity index (χ0) is 17.6. The third-order valence-electron chi connectivity index (χ3n) is 4.36. The van der Waals surface area contributed by atoms with Crippen LogP contribution in [0.4, 0.5) is 0 Å². The topological polar surface area (TPSA) is 9.23 Å². The predicted octanol–water partition coefficient (Wildman–Crippen LogP) is 4.22. The Bertz CT molecular complexity index is 650. The Hall–Kier alpha value is -1.82. The zero-order valence-electron chi connectivity index (χ0n) is 15.5. The van der Waals surface area contributed by atoms with Crippen molar-refractivity contribution in [2.45, 2.75) is 39.7 Å². The van der Waals surface area contributed by atoms with Crippen molar-refractivity contribution in [3.8, 4) is 11.8 Å². The van der Waals surface area contributed by atoms with E-state index in [1.165, 1.54) is 10.4 Å². The van der Waals surface area contributed by atoms with Crippen molar-refractivity contribution < 1.29 is 4.43 Å². The summed E-state index contributed by atoms with van der Waals surface area (Å²) in [5.74, 6) is 6.46. The summed E-state index contributed by atoms with van der Waals surface area (Å²) >= 11 is 0. The Labute approximate surface area is 148 Å². The minimum atomic E-state index is -2.41. The van der Waals surface area contributed by atoms with Crippen molar-refractivity contribution in [1.29, 1.82) is 0 Å². The quantitative estimate of drug-likeness (QED) is 0.587. The standard InChI is InChI=1S/C22H28OSi/c1-6-13-19(2)18-23-24(22(3,4)5,20-14-9-7-10-15-20)21-16-11-8-12-17-21/h7-12,14-17,19H,18H2,1-5H3. The summed E-state index contributed by atoms with van der Waals surface area (Å²) in [5, 5.41) is 2.66. The molecule has 0 heterocycles. The van der Waals surface area contributed by atoms with Crippen LogP contribution < -0.4 is 10.4 Å². The molecule has 0 aliphatic rings. The predicted molar refractivity (Wildman–Crippen MR) is 106 cm³/mol. The van der Waals surface area contributed by atoms with E-state index in [9.17, 15) is 0 Å². The van der Waals surface area contributed by atoms with E-state index in [1.807, 2.05) is 6.92 Å². The minimum absolute atomic E-state index is 0.0229. The summed E-state index contributed by atoms with van der Waals surface area (Å²) in [5.41, 5.74) is 0. The molecule has 0 saturated heterocycles. The first kappa shape index (κ1) is 18.5. The minimum Gasteiger partial charge on any atom is -0.406 e. The molecule has 0 radical (unpaired) electrons. The largest absolute Gasteiger partial charge is 0.406 e. The van der Waals surface area contributed by atoms with Gasteiger partial charge in [-0.25, -0.2) is 0 Å². The summed E-state index contributed by atoms with van der Waals surface area (Å²) in [7, 11) is -2.41. The molecule has 126 valence electrons. The van der Waals surface area contributed by atoms with Gasteiger partial charge < -0.3 is 4.43 Å². The lowest BCUT2D eigenvalue weighted by molar-refractivity contribution is 0.271. The second-order valence-corrected chi connectivity index (χ2v) is 11.6. The van der Waals surface area contributed by atoms with Gasteiger partial charge in [-0.15, -0.1) is 5.92 Å². The number of rotatable bonds is 5. The number of hydrogen-bond donors (Lipinski definition) is 0. The summed E-state index contributed by atoms with van der Waals surface area (Å²) < 4.78 is 6.82. The highest BCUT2D eigenvalue weighted by atomic mass is 28.4. The van der Waals surface area contributed by atoms with Gasteiger partial charge in [0.25, 0.3) is 8.32 Å². The fraction of sp³-hybridized carbons (Fsp3) is 0.364. The maximum atomic E-state index is 6.82. The number of hydrogen-bond acceptors (Lipinski definition) is 1. The van der Waals surface area contributed by atoms with E-state index in [1.54, 1.807) is 0 Å². The molecule has 0 N–H and O–H groups in total. The van der Waals surface area contributed by atoms with E-state index < -0.39 is 8.32 Å². The van der Waals surface area contributed by atoms with Gasteiger partial charge in [-0.2, -0.15) is 0 Å². The average molecular weight is 337 g/mol. The third kappa shape index (κ3) is 3.80. The normalized spacial score (nSPS) is 13.0. The fourth-order valence-corrected chi connectivity index (χ4v) is 7.96. The second kappa shape index (κ2) is 7.83. The summed E-state index contributed by atoms with van der Waals surface area (Å²) in [6.07, 6.45) is 0. The van der Waals surface area contributed by atoms with Crippen LogP contribution in [0.1, 0.15) is 34.6 Å². The molecule has 24 heavy (non-hydrogen) atoms. The van der Waals surface area contributed by atoms with Crippen LogP contribution in [0.2, 0.25) is 5.04 Å². The van der Waals surface area contributed by atoms with E-state index in [-0.39, 0.29) is 11.0 Å². The highest BCUT2D eigenvalue weighted by Gasteiger charge is 2.50. The maximum Gasteiger partial charge on any atom is 0.261 e. The van der Waals surface area contributed by atoms with Crippen LogP contribution in [0.5, 0.6) is 0 Å². The van der Waals surface area contributed by atoms with Gasteiger partial charge in [0.05, 0.1) is 0 Å². The lowest BCUT2D eigenvalue weighted by atomic mass is 10.2. The van der Waals surface area contributed by atoms with Gasteiger partial charge in [0, 0.05) is 12.5 Å². The highest BCUT2D eigenvalue weighted by Crippen LogP contribution is 2.36. The van der Waals surface area contributed by atoms with Gasteiger partial charge in [-0.1, -0.05) is 87.4 Å². The lowest BCUT2D eigenvalue weighted by Crippen LogP contribution is -2.66. The monoisotopic (exact) mass is 336 g/mol. The first-order chi connectivity index (χ1) is 11.4. The highest BCUT2D eigenvalue weighted by molar-refractivity contribution is 6.99. The molecular weight excluding hydrogens is 308 g/mol. The molecule has 0 amide bonds. The van der Waals surface area contributed by atoms with Gasteiger partial charge in [-0.05, 0) is 29.3 Å². The van der Waals surface area contributed by atoms with Gasteiger partial charge in [0.1, 0.15) is 0 Å². The van der Waals surface area contributed by atoms with Crippen LogP contribution in [0.25, 0.3) is 0 Å². The van der Waals surface area contributed by atoms with E-state index in [4.69, 9.17) is 4.43 Å². The van der Waals surface area contributed by atoms with E-state index in [0.29, 0.717) is 6.61 Å². The molecule has 2 rings (SSSR count). The molecule has 0 aromatic heterocycles. The van der Waals surface area contributed by atoms with E-state index >= 15 is 0 Å². The maximum absolute atomic E-state index is 6.82. The Morgan fingerprint density at radius 2 is 1.38 bits per heavy atom. The van der Waals surface area contributed by atoms with Crippen LogP contribution >= 0.6 is 0 Å². The summed E-state index contributed by atoms with van der Waals surface area (Å²) in [6, 6.07) is 21.5. The van der Waals surface area contributed by atoms with Crippen LogP contribution in [-0.4, -0.2) is 14.9 Å². The molecule has 0 aliphatic heterocycles. The Morgan fingerprint density at radius 3 is 1.75 bits per heavy atom. The van der Waals surface area contributed by atoms with Crippen LogP contribution in [0, 0.1) is 17.8 Å². The average Bonchev–Trinajstić information content (AvgIpc) is 2.56. The fourth-order valence-electron chi connectivity index (χ4n) is 3.30. The van der Waals surface area contributed by atoms with Crippen molar-refractivity contribution >= 4 is 18.7 Å². The summed E-state index contributed by atoms with van der Waals surface area (Å²) in [6.45, 7) is 11.6. The molecule has 1 atom stereocenters. The zero-order valence-corrected chi connectivity index (χ0v) is 16.5. The smallest absolute Gasteiger partial charge is 0.261 e. The molecule has 0 aliphatic carbocycles. The van der Waals surface area contributed by atoms with Gasteiger partial charge >= 0.3 is 0 Å². The Balaban J connectivity index is 2.59. The molecule has 0 spiro atoms. The molecule has 0 bridgehead atoms. The molecule has 0 saturated carbocycles.